The molecule has 0 spiro atoms. The molecule has 7 heteroatoms. The topological polar surface area (TPSA) is 66.8 Å². The number of allylic oxidation sites excluding steroid dienone is 1. The summed E-state index contributed by atoms with van der Waals surface area (Å²) in [5, 5.41) is 9.89. The Bertz CT molecular complexity index is 1010. The minimum absolute atomic E-state index is 0.0776. The summed E-state index contributed by atoms with van der Waals surface area (Å²) in [4.78, 5) is 14.6. The van der Waals surface area contributed by atoms with Gasteiger partial charge in [0.15, 0.2) is 0 Å². The van der Waals surface area contributed by atoms with E-state index in [1.165, 1.54) is 12.3 Å². The molecule has 1 N–H and O–H groups in total. The summed E-state index contributed by atoms with van der Waals surface area (Å²) in [6, 6.07) is 11.2. The number of anilines is 2. The number of aldehydes is 1. The van der Waals surface area contributed by atoms with Gasteiger partial charge in [0.1, 0.15) is 17.8 Å². The van der Waals surface area contributed by atoms with Crippen LogP contribution in [0.4, 0.5) is 11.4 Å². The molecule has 1 unspecified atom stereocenters. The second-order valence-electron chi connectivity index (χ2n) is 8.85. The molecular formula is C27H35NO4S2. The molecule has 2 aromatic carbocycles. The molecule has 1 heterocycles. The standard InChI is InChI=1S/C27H35NO4S2/c1-4-6-13-27(14-7-5-2)19-28(21-9-11-22(30)12-10-21)23-17-25(33-3)24(32-16-8-15-29)18-26(23)34(31)20-27/h8-12,15-18,30H,4-7,13-14,19-20H2,1-3H3/b16-8+. The first-order chi connectivity index (χ1) is 16.5. The van der Waals surface area contributed by atoms with Crippen molar-refractivity contribution in [1.82, 2.24) is 0 Å². The molecule has 3 rings (SSSR count). The average molecular weight is 502 g/mol. The number of nitrogens with zero attached hydrogens (tertiary/aromatic N) is 1. The third-order valence-corrected chi connectivity index (χ3v) is 8.80. The maximum absolute atomic E-state index is 13.9. The van der Waals surface area contributed by atoms with Gasteiger partial charge in [0.05, 0.1) is 32.5 Å². The van der Waals surface area contributed by atoms with Crippen LogP contribution in [-0.4, -0.2) is 34.2 Å². The monoisotopic (exact) mass is 501 g/mol. The molecule has 184 valence electrons. The zero-order valence-corrected chi connectivity index (χ0v) is 21.9. The fourth-order valence-corrected chi connectivity index (χ4v) is 6.81. The summed E-state index contributed by atoms with van der Waals surface area (Å²) >= 11 is 1.55. The van der Waals surface area contributed by atoms with Crippen molar-refractivity contribution in [2.24, 2.45) is 5.41 Å². The highest BCUT2D eigenvalue weighted by Gasteiger charge is 2.39. The molecule has 5 nitrogen and oxygen atoms in total. The van der Waals surface area contributed by atoms with Crippen LogP contribution in [0.1, 0.15) is 52.4 Å². The largest absolute Gasteiger partial charge is 0.508 e. The van der Waals surface area contributed by atoms with Crippen LogP contribution in [0.5, 0.6) is 11.5 Å². The number of benzene rings is 2. The summed E-state index contributed by atoms with van der Waals surface area (Å²) in [6.45, 7) is 5.18. The van der Waals surface area contributed by atoms with Crippen molar-refractivity contribution in [3.8, 4) is 11.5 Å². The third kappa shape index (κ3) is 6.25. The zero-order chi connectivity index (χ0) is 24.6. The lowest BCUT2D eigenvalue weighted by atomic mass is 9.79. The SMILES string of the molecule is CCCCC1(CCCC)CN(c2ccc(O)cc2)c2cc(SC)c(O/C=C/C=O)cc2S(=O)C1. The highest BCUT2D eigenvalue weighted by atomic mass is 32.2. The number of hydrogen-bond donors (Lipinski definition) is 1. The van der Waals surface area contributed by atoms with E-state index >= 15 is 0 Å². The maximum atomic E-state index is 13.9. The van der Waals surface area contributed by atoms with E-state index in [-0.39, 0.29) is 11.2 Å². The van der Waals surface area contributed by atoms with Gasteiger partial charge >= 0.3 is 0 Å². The van der Waals surface area contributed by atoms with E-state index in [4.69, 9.17) is 4.74 Å². The summed E-state index contributed by atoms with van der Waals surface area (Å²) in [5.41, 5.74) is 1.80. The molecule has 0 amide bonds. The van der Waals surface area contributed by atoms with Crippen LogP contribution in [0.15, 0.2) is 58.5 Å². The molecular weight excluding hydrogens is 466 g/mol. The second-order valence-corrected chi connectivity index (χ2v) is 11.1. The summed E-state index contributed by atoms with van der Waals surface area (Å²) < 4.78 is 19.6. The number of rotatable bonds is 11. The molecule has 1 atom stereocenters. The molecule has 0 fully saturated rings. The third-order valence-electron chi connectivity index (χ3n) is 6.35. The van der Waals surface area contributed by atoms with E-state index in [1.54, 1.807) is 23.9 Å². The van der Waals surface area contributed by atoms with Crippen LogP contribution in [0.25, 0.3) is 0 Å². The van der Waals surface area contributed by atoms with Crippen molar-refractivity contribution in [2.45, 2.75) is 62.2 Å². The van der Waals surface area contributed by atoms with Gasteiger partial charge in [-0.15, -0.1) is 11.8 Å². The summed E-state index contributed by atoms with van der Waals surface area (Å²) in [6.07, 6.45) is 11.8. The number of carbonyl (C=O) groups is 1. The predicted molar refractivity (Wildman–Crippen MR) is 142 cm³/mol. The number of phenols is 1. The Kier molecular flexibility index (Phi) is 9.65. The van der Waals surface area contributed by atoms with Gasteiger partial charge in [0, 0.05) is 35.5 Å². The first-order valence-corrected chi connectivity index (χ1v) is 14.4. The molecule has 2 aromatic rings. The average Bonchev–Trinajstić information content (AvgIpc) is 2.96. The number of phenolic OH excluding ortho intramolecular Hbond substituents is 1. The first-order valence-electron chi connectivity index (χ1n) is 11.9. The van der Waals surface area contributed by atoms with Gasteiger partial charge in [-0.1, -0.05) is 39.5 Å². The minimum Gasteiger partial charge on any atom is -0.508 e. The summed E-state index contributed by atoms with van der Waals surface area (Å²) in [7, 11) is -1.21. The van der Waals surface area contributed by atoms with Crippen LogP contribution in [-0.2, 0) is 15.6 Å². The van der Waals surface area contributed by atoms with Gasteiger partial charge in [0.2, 0.25) is 0 Å². The smallest absolute Gasteiger partial charge is 0.145 e. The molecule has 0 bridgehead atoms. The fraction of sp³-hybridized carbons (Fsp3) is 0.444. The van der Waals surface area contributed by atoms with Gasteiger partial charge in [-0.05, 0) is 49.4 Å². The van der Waals surface area contributed by atoms with Gasteiger partial charge in [-0.3, -0.25) is 9.00 Å². The Balaban J connectivity index is 2.17. The minimum atomic E-state index is -1.21. The fourth-order valence-electron chi connectivity index (χ4n) is 4.54. The Morgan fingerprint density at radius 3 is 2.41 bits per heavy atom. The van der Waals surface area contributed by atoms with Crippen LogP contribution in [0.2, 0.25) is 0 Å². The molecule has 1 aliphatic rings. The number of aromatic hydroxyl groups is 1. The number of hydrogen-bond acceptors (Lipinski definition) is 6. The van der Waals surface area contributed by atoms with Crippen molar-refractivity contribution in [2.75, 3.05) is 23.5 Å². The van der Waals surface area contributed by atoms with Crippen LogP contribution < -0.4 is 9.64 Å². The Morgan fingerprint density at radius 2 is 1.82 bits per heavy atom. The highest BCUT2D eigenvalue weighted by Crippen LogP contribution is 2.46. The van der Waals surface area contributed by atoms with Gasteiger partial charge in [-0.2, -0.15) is 0 Å². The number of unbranched alkanes of at least 4 members (excludes halogenated alkanes) is 2. The number of fused-ring (bicyclic) bond motifs is 1. The van der Waals surface area contributed by atoms with E-state index < -0.39 is 10.8 Å². The van der Waals surface area contributed by atoms with Gasteiger partial charge < -0.3 is 14.7 Å². The van der Waals surface area contributed by atoms with Gasteiger partial charge in [0.25, 0.3) is 0 Å². The molecule has 34 heavy (non-hydrogen) atoms. The predicted octanol–water partition coefficient (Wildman–Crippen LogP) is 6.83. The van der Waals surface area contributed by atoms with E-state index in [9.17, 15) is 14.1 Å². The molecule has 0 aliphatic carbocycles. The lowest BCUT2D eigenvalue weighted by molar-refractivity contribution is -0.104. The molecule has 0 saturated heterocycles. The number of thioether (sulfide) groups is 1. The number of carbonyl (C=O) groups excluding carboxylic acids is 1. The molecule has 1 aliphatic heterocycles. The van der Waals surface area contributed by atoms with E-state index in [2.05, 4.69) is 18.7 Å². The van der Waals surface area contributed by atoms with Crippen molar-refractivity contribution in [1.29, 1.82) is 0 Å². The first kappa shape index (κ1) is 26.4. The normalized spacial score (nSPS) is 17.4. The number of ether oxygens (including phenoxy) is 1. The summed E-state index contributed by atoms with van der Waals surface area (Å²) in [5.74, 6) is 1.43. The van der Waals surface area contributed by atoms with Crippen molar-refractivity contribution in [3.63, 3.8) is 0 Å². The van der Waals surface area contributed by atoms with Crippen LogP contribution >= 0.6 is 11.8 Å². The Hall–Kier alpha value is -2.25. The lowest BCUT2D eigenvalue weighted by Gasteiger charge is -2.37. The zero-order valence-electron chi connectivity index (χ0n) is 20.3. The van der Waals surface area contributed by atoms with E-state index in [0.29, 0.717) is 17.8 Å². The van der Waals surface area contributed by atoms with Crippen molar-refractivity contribution in [3.05, 3.63) is 48.7 Å². The second kappa shape index (κ2) is 12.5. The Labute approximate surface area is 210 Å². The van der Waals surface area contributed by atoms with Crippen LogP contribution in [0, 0.1) is 5.41 Å². The van der Waals surface area contributed by atoms with Crippen molar-refractivity contribution >= 4 is 40.2 Å². The Morgan fingerprint density at radius 1 is 1.15 bits per heavy atom. The molecule has 0 aromatic heterocycles. The van der Waals surface area contributed by atoms with E-state index in [0.717, 1.165) is 66.2 Å². The molecule has 0 saturated carbocycles. The molecule has 0 radical (unpaired) electrons. The van der Waals surface area contributed by atoms with Crippen LogP contribution in [0.3, 0.4) is 0 Å². The quantitative estimate of drug-likeness (QED) is 0.157. The maximum Gasteiger partial charge on any atom is 0.145 e. The lowest BCUT2D eigenvalue weighted by Crippen LogP contribution is -2.37. The highest BCUT2D eigenvalue weighted by molar-refractivity contribution is 7.98. The van der Waals surface area contributed by atoms with Crippen molar-refractivity contribution < 1.29 is 18.8 Å². The van der Waals surface area contributed by atoms with Gasteiger partial charge in [-0.25, -0.2) is 0 Å². The van der Waals surface area contributed by atoms with E-state index in [1.807, 2.05) is 30.5 Å².